The highest BCUT2D eigenvalue weighted by atomic mass is 32.2. The number of thiocarbonyl (C=S) groups is 1. The van der Waals surface area contributed by atoms with E-state index in [0.717, 1.165) is 50.5 Å². The molecule has 1 amide bonds. The number of nitrogens with zero attached hydrogens (tertiary/aromatic N) is 4. The number of hydrogen-bond donors (Lipinski definition) is 0. The largest absolute Gasteiger partial charge is 0.374 e. The number of para-hydroxylation sites is 1. The second-order valence-electron chi connectivity index (χ2n) is 6.79. The molecule has 0 spiro atoms. The van der Waals surface area contributed by atoms with E-state index in [1.807, 2.05) is 54.9 Å². The molecule has 4 rings (SSSR count). The minimum absolute atomic E-state index is 0.0289. The Kier molecular flexibility index (Phi) is 6.04. The van der Waals surface area contributed by atoms with E-state index in [9.17, 15) is 4.79 Å². The molecule has 2 aromatic rings. The maximum atomic E-state index is 12.8. The number of carbonyl (C=O) groups is 1. The van der Waals surface area contributed by atoms with Crippen molar-refractivity contribution in [2.45, 2.75) is 6.42 Å². The quantitative estimate of drug-likeness (QED) is 0.557. The number of carbonyl (C=O) groups excluding carboxylic acids is 1. The van der Waals surface area contributed by atoms with Gasteiger partial charge in [0.05, 0.1) is 10.6 Å². The number of anilines is 1. The van der Waals surface area contributed by atoms with Crippen molar-refractivity contribution in [2.75, 3.05) is 37.6 Å². The van der Waals surface area contributed by atoms with Crippen molar-refractivity contribution in [2.24, 2.45) is 0 Å². The molecule has 1 aromatic carbocycles. The number of rotatable bonds is 5. The number of thioether (sulfide) groups is 1. The maximum absolute atomic E-state index is 12.8. The fraction of sp³-hybridized carbons (Fsp3) is 0.286. The lowest BCUT2D eigenvalue weighted by atomic mass is 10.2. The summed E-state index contributed by atoms with van der Waals surface area (Å²) in [6.07, 6.45) is 4.80. The highest BCUT2D eigenvalue weighted by molar-refractivity contribution is 8.27. The first-order valence-corrected chi connectivity index (χ1v) is 10.6. The number of aromatic nitrogens is 1. The van der Waals surface area contributed by atoms with Crippen molar-refractivity contribution in [3.05, 3.63) is 71.5 Å². The van der Waals surface area contributed by atoms with E-state index < -0.39 is 0 Å². The highest BCUT2D eigenvalue weighted by Gasteiger charge is 2.34. The molecule has 0 bridgehead atoms. The molecule has 2 saturated heterocycles. The third kappa shape index (κ3) is 4.43. The SMILES string of the molecule is O=C1C(=CN2CCN(CCc3ccccn3)CC2)SC(=S)N1c1ccccc1. The smallest absolute Gasteiger partial charge is 0.272 e. The topological polar surface area (TPSA) is 39.7 Å². The average molecular weight is 411 g/mol. The van der Waals surface area contributed by atoms with Crippen LogP contribution in [0.1, 0.15) is 5.69 Å². The Morgan fingerprint density at radius 2 is 1.79 bits per heavy atom. The van der Waals surface area contributed by atoms with Crippen LogP contribution in [0.3, 0.4) is 0 Å². The molecule has 144 valence electrons. The Hall–Kier alpha value is -2.22. The van der Waals surface area contributed by atoms with Crippen LogP contribution in [0.5, 0.6) is 0 Å². The zero-order valence-electron chi connectivity index (χ0n) is 15.5. The van der Waals surface area contributed by atoms with Crippen molar-refractivity contribution in [1.29, 1.82) is 0 Å². The van der Waals surface area contributed by atoms with Gasteiger partial charge in [-0.3, -0.25) is 19.6 Å². The van der Waals surface area contributed by atoms with Gasteiger partial charge in [-0.15, -0.1) is 0 Å². The normalized spacial score (nSPS) is 19.6. The Morgan fingerprint density at radius 1 is 1.04 bits per heavy atom. The van der Waals surface area contributed by atoms with Crippen molar-refractivity contribution >= 4 is 39.9 Å². The van der Waals surface area contributed by atoms with E-state index in [0.29, 0.717) is 9.23 Å². The summed E-state index contributed by atoms with van der Waals surface area (Å²) in [5.74, 6) is -0.0289. The van der Waals surface area contributed by atoms with Gasteiger partial charge >= 0.3 is 0 Å². The zero-order chi connectivity index (χ0) is 19.3. The molecule has 0 atom stereocenters. The fourth-order valence-electron chi connectivity index (χ4n) is 3.36. The van der Waals surface area contributed by atoms with Crippen molar-refractivity contribution < 1.29 is 4.79 Å². The summed E-state index contributed by atoms with van der Waals surface area (Å²) in [7, 11) is 0. The summed E-state index contributed by atoms with van der Waals surface area (Å²) < 4.78 is 0.594. The van der Waals surface area contributed by atoms with Crippen LogP contribution in [0.15, 0.2) is 65.8 Å². The van der Waals surface area contributed by atoms with E-state index in [-0.39, 0.29) is 5.91 Å². The molecule has 7 heteroatoms. The van der Waals surface area contributed by atoms with Crippen LogP contribution < -0.4 is 4.90 Å². The Bertz CT molecular complexity index is 864. The molecule has 0 saturated carbocycles. The lowest BCUT2D eigenvalue weighted by molar-refractivity contribution is -0.113. The summed E-state index contributed by atoms with van der Waals surface area (Å²) in [5, 5.41) is 0. The lowest BCUT2D eigenvalue weighted by Gasteiger charge is -2.34. The van der Waals surface area contributed by atoms with Crippen LogP contribution in [-0.2, 0) is 11.2 Å². The van der Waals surface area contributed by atoms with Crippen LogP contribution in [0.25, 0.3) is 0 Å². The molecule has 2 aliphatic heterocycles. The molecule has 0 radical (unpaired) electrons. The van der Waals surface area contributed by atoms with Gasteiger partial charge in [-0.25, -0.2) is 0 Å². The fourth-order valence-corrected chi connectivity index (χ4v) is 4.66. The molecule has 5 nitrogen and oxygen atoms in total. The van der Waals surface area contributed by atoms with E-state index in [1.165, 1.54) is 11.8 Å². The van der Waals surface area contributed by atoms with E-state index in [4.69, 9.17) is 12.2 Å². The molecule has 3 heterocycles. The van der Waals surface area contributed by atoms with E-state index in [2.05, 4.69) is 20.9 Å². The van der Waals surface area contributed by atoms with Crippen molar-refractivity contribution in [3.63, 3.8) is 0 Å². The van der Waals surface area contributed by atoms with Crippen LogP contribution >= 0.6 is 24.0 Å². The van der Waals surface area contributed by atoms with Crippen LogP contribution in [0, 0.1) is 0 Å². The predicted octanol–water partition coefficient (Wildman–Crippen LogP) is 3.15. The minimum atomic E-state index is -0.0289. The molecule has 0 aliphatic carbocycles. The number of piperazine rings is 1. The number of pyridine rings is 1. The van der Waals surface area contributed by atoms with Gasteiger partial charge in [-0.2, -0.15) is 0 Å². The number of benzene rings is 1. The Morgan fingerprint density at radius 3 is 2.50 bits per heavy atom. The molecule has 0 unspecified atom stereocenters. The van der Waals surface area contributed by atoms with Gasteiger partial charge in [0, 0.05) is 57.2 Å². The summed E-state index contributed by atoms with van der Waals surface area (Å²) in [5.41, 5.74) is 1.96. The number of hydrogen-bond acceptors (Lipinski definition) is 6. The molecular formula is C21H22N4OS2. The van der Waals surface area contributed by atoms with E-state index in [1.54, 1.807) is 4.90 Å². The van der Waals surface area contributed by atoms with Gasteiger partial charge in [0.25, 0.3) is 5.91 Å². The predicted molar refractivity (Wildman–Crippen MR) is 118 cm³/mol. The Balaban J connectivity index is 1.32. The molecule has 28 heavy (non-hydrogen) atoms. The third-order valence-corrected chi connectivity index (χ3v) is 6.21. The minimum Gasteiger partial charge on any atom is -0.374 e. The van der Waals surface area contributed by atoms with Gasteiger partial charge in [0.15, 0.2) is 4.32 Å². The van der Waals surface area contributed by atoms with Crippen LogP contribution in [0.2, 0.25) is 0 Å². The molecule has 2 aliphatic rings. The first-order valence-electron chi connectivity index (χ1n) is 9.40. The first kappa shape index (κ1) is 19.1. The van der Waals surface area contributed by atoms with Gasteiger partial charge in [-0.05, 0) is 24.3 Å². The van der Waals surface area contributed by atoms with Gasteiger partial charge in [-0.1, -0.05) is 48.2 Å². The van der Waals surface area contributed by atoms with Gasteiger partial charge in [0.1, 0.15) is 0 Å². The summed E-state index contributed by atoms with van der Waals surface area (Å²) in [6.45, 7) is 4.82. The highest BCUT2D eigenvalue weighted by Crippen LogP contribution is 2.35. The molecule has 2 fully saturated rings. The standard InChI is InChI=1S/C21H22N4OS2/c26-20-19(28-21(27)25(20)18-7-2-1-3-8-18)16-24-14-12-23(13-15-24)11-9-17-6-4-5-10-22-17/h1-8,10,16H,9,11-15H2. The molecular weight excluding hydrogens is 388 g/mol. The van der Waals surface area contributed by atoms with Crippen molar-refractivity contribution in [1.82, 2.24) is 14.8 Å². The second kappa shape index (κ2) is 8.86. The van der Waals surface area contributed by atoms with Gasteiger partial charge < -0.3 is 4.90 Å². The lowest BCUT2D eigenvalue weighted by Crippen LogP contribution is -2.45. The average Bonchev–Trinajstić information content (AvgIpc) is 3.02. The first-order chi connectivity index (χ1) is 13.7. The number of amides is 1. The zero-order valence-corrected chi connectivity index (χ0v) is 17.2. The summed E-state index contributed by atoms with van der Waals surface area (Å²) >= 11 is 6.82. The third-order valence-electron chi connectivity index (χ3n) is 4.93. The van der Waals surface area contributed by atoms with Gasteiger partial charge in [0.2, 0.25) is 0 Å². The van der Waals surface area contributed by atoms with Crippen LogP contribution in [-0.4, -0.2) is 57.7 Å². The maximum Gasteiger partial charge on any atom is 0.272 e. The summed E-state index contributed by atoms with van der Waals surface area (Å²) in [4.78, 5) is 24.2. The molecule has 0 N–H and O–H groups in total. The van der Waals surface area contributed by atoms with Crippen LogP contribution in [0.4, 0.5) is 5.69 Å². The monoisotopic (exact) mass is 410 g/mol. The van der Waals surface area contributed by atoms with E-state index >= 15 is 0 Å². The Labute approximate surface area is 175 Å². The second-order valence-corrected chi connectivity index (χ2v) is 8.46. The summed E-state index contributed by atoms with van der Waals surface area (Å²) in [6, 6.07) is 15.6. The molecule has 1 aromatic heterocycles. The van der Waals surface area contributed by atoms with Crippen molar-refractivity contribution in [3.8, 4) is 0 Å².